The highest BCUT2D eigenvalue weighted by molar-refractivity contribution is 5.42. The van der Waals surface area contributed by atoms with Crippen LogP contribution in [0.15, 0.2) is 18.2 Å². The van der Waals surface area contributed by atoms with E-state index in [1.165, 1.54) is 0 Å². The molecule has 1 saturated heterocycles. The summed E-state index contributed by atoms with van der Waals surface area (Å²) in [5.74, 6) is 1.55. The maximum absolute atomic E-state index is 6.00. The van der Waals surface area contributed by atoms with Crippen LogP contribution in [-0.2, 0) is 4.74 Å². The van der Waals surface area contributed by atoms with Gasteiger partial charge in [-0.3, -0.25) is 4.90 Å². The molecule has 1 unspecified atom stereocenters. The zero-order chi connectivity index (χ0) is 15.2. The van der Waals surface area contributed by atoms with Gasteiger partial charge in [-0.2, -0.15) is 0 Å². The summed E-state index contributed by atoms with van der Waals surface area (Å²) in [5, 5.41) is 0. The second kappa shape index (κ2) is 7.64. The van der Waals surface area contributed by atoms with Crippen LogP contribution in [-0.4, -0.2) is 51.0 Å². The molecule has 5 heteroatoms. The normalized spacial score (nSPS) is 21.0. The number of rotatable bonds is 6. The van der Waals surface area contributed by atoms with Gasteiger partial charge < -0.3 is 19.9 Å². The highest BCUT2D eigenvalue weighted by Crippen LogP contribution is 2.28. The van der Waals surface area contributed by atoms with E-state index in [9.17, 15) is 0 Å². The Labute approximate surface area is 127 Å². The number of ether oxygens (including phenoxy) is 3. The molecule has 5 nitrogen and oxygen atoms in total. The second-order valence-electron chi connectivity index (χ2n) is 5.39. The van der Waals surface area contributed by atoms with Crippen LogP contribution in [0.3, 0.4) is 0 Å². The molecule has 1 aromatic carbocycles. The molecule has 0 amide bonds. The Kier molecular flexibility index (Phi) is 5.85. The van der Waals surface area contributed by atoms with Crippen LogP contribution in [0.25, 0.3) is 0 Å². The van der Waals surface area contributed by atoms with Crippen molar-refractivity contribution in [1.82, 2.24) is 4.90 Å². The topological polar surface area (TPSA) is 57.0 Å². The zero-order valence-corrected chi connectivity index (χ0v) is 13.2. The van der Waals surface area contributed by atoms with Crippen LogP contribution in [0.1, 0.15) is 25.5 Å². The SMILES string of the molecule is CCN1CCOC(COc2cc(OC)ccc2[C@@H](C)N)C1. The van der Waals surface area contributed by atoms with E-state index >= 15 is 0 Å². The number of hydrogen-bond acceptors (Lipinski definition) is 5. The first kappa shape index (κ1) is 16.1. The molecule has 0 saturated carbocycles. The fraction of sp³-hybridized carbons (Fsp3) is 0.625. The fourth-order valence-corrected chi connectivity index (χ4v) is 2.49. The largest absolute Gasteiger partial charge is 0.497 e. The summed E-state index contributed by atoms with van der Waals surface area (Å²) in [6.07, 6.45) is 0.103. The predicted octanol–water partition coefficient (Wildman–Crippen LogP) is 1.81. The van der Waals surface area contributed by atoms with E-state index in [1.807, 2.05) is 25.1 Å². The van der Waals surface area contributed by atoms with Crippen LogP contribution >= 0.6 is 0 Å². The third-order valence-corrected chi connectivity index (χ3v) is 3.81. The second-order valence-corrected chi connectivity index (χ2v) is 5.39. The molecule has 1 aromatic rings. The number of nitrogens with two attached hydrogens (primary N) is 1. The number of methoxy groups -OCH3 is 1. The first-order chi connectivity index (χ1) is 10.1. The van der Waals surface area contributed by atoms with Gasteiger partial charge in [0.25, 0.3) is 0 Å². The van der Waals surface area contributed by atoms with Crippen molar-refractivity contribution >= 4 is 0 Å². The van der Waals surface area contributed by atoms with E-state index in [0.29, 0.717) is 6.61 Å². The number of benzene rings is 1. The average Bonchev–Trinajstić information content (AvgIpc) is 2.52. The molecular formula is C16H26N2O3. The smallest absolute Gasteiger partial charge is 0.127 e. The maximum Gasteiger partial charge on any atom is 0.127 e. The van der Waals surface area contributed by atoms with Gasteiger partial charge in [-0.25, -0.2) is 0 Å². The molecule has 1 aliphatic heterocycles. The summed E-state index contributed by atoms with van der Waals surface area (Å²) in [6, 6.07) is 5.67. The van der Waals surface area contributed by atoms with Gasteiger partial charge in [-0.15, -0.1) is 0 Å². The minimum absolute atomic E-state index is 0.0784. The lowest BCUT2D eigenvalue weighted by molar-refractivity contribution is -0.0465. The molecule has 1 fully saturated rings. The van der Waals surface area contributed by atoms with Crippen molar-refractivity contribution in [1.29, 1.82) is 0 Å². The molecule has 0 aromatic heterocycles. The number of morpholine rings is 1. The molecule has 2 atom stereocenters. The van der Waals surface area contributed by atoms with Gasteiger partial charge in [-0.1, -0.05) is 13.0 Å². The van der Waals surface area contributed by atoms with E-state index in [0.717, 1.165) is 43.3 Å². The molecule has 0 spiro atoms. The Balaban J connectivity index is 2.01. The summed E-state index contributed by atoms with van der Waals surface area (Å²) in [6.45, 7) is 8.36. The number of hydrogen-bond donors (Lipinski definition) is 1. The minimum atomic E-state index is -0.0784. The Morgan fingerprint density at radius 3 is 2.95 bits per heavy atom. The summed E-state index contributed by atoms with van der Waals surface area (Å²) < 4.78 is 17.0. The van der Waals surface area contributed by atoms with Gasteiger partial charge in [0.05, 0.1) is 13.7 Å². The summed E-state index contributed by atoms with van der Waals surface area (Å²) in [4.78, 5) is 2.37. The van der Waals surface area contributed by atoms with Crippen molar-refractivity contribution < 1.29 is 14.2 Å². The van der Waals surface area contributed by atoms with Crippen molar-refractivity contribution in [3.63, 3.8) is 0 Å². The van der Waals surface area contributed by atoms with Crippen LogP contribution in [0.5, 0.6) is 11.5 Å². The summed E-state index contributed by atoms with van der Waals surface area (Å²) >= 11 is 0. The molecule has 0 radical (unpaired) electrons. The van der Waals surface area contributed by atoms with Gasteiger partial charge >= 0.3 is 0 Å². The third kappa shape index (κ3) is 4.33. The van der Waals surface area contributed by atoms with Gasteiger partial charge in [0.1, 0.15) is 24.2 Å². The van der Waals surface area contributed by atoms with E-state index in [2.05, 4.69) is 11.8 Å². The minimum Gasteiger partial charge on any atom is -0.497 e. The lowest BCUT2D eigenvalue weighted by Crippen LogP contribution is -2.44. The molecule has 118 valence electrons. The Bertz CT molecular complexity index is 451. The van der Waals surface area contributed by atoms with Gasteiger partial charge in [0.15, 0.2) is 0 Å². The Hall–Kier alpha value is -1.30. The van der Waals surface area contributed by atoms with Crippen LogP contribution in [0, 0.1) is 0 Å². The lowest BCUT2D eigenvalue weighted by atomic mass is 10.1. The predicted molar refractivity (Wildman–Crippen MR) is 82.9 cm³/mol. The molecule has 0 bridgehead atoms. The molecular weight excluding hydrogens is 268 g/mol. The van der Waals surface area contributed by atoms with E-state index in [-0.39, 0.29) is 12.1 Å². The van der Waals surface area contributed by atoms with Crippen LogP contribution in [0.2, 0.25) is 0 Å². The van der Waals surface area contributed by atoms with E-state index in [4.69, 9.17) is 19.9 Å². The number of likely N-dealkylation sites (N-methyl/N-ethyl adjacent to an activating group) is 1. The Morgan fingerprint density at radius 1 is 1.48 bits per heavy atom. The molecule has 2 rings (SSSR count). The number of nitrogens with zero attached hydrogens (tertiary/aromatic N) is 1. The highest BCUT2D eigenvalue weighted by atomic mass is 16.5. The van der Waals surface area contributed by atoms with Crippen LogP contribution < -0.4 is 15.2 Å². The molecule has 21 heavy (non-hydrogen) atoms. The van der Waals surface area contributed by atoms with Gasteiger partial charge in [0, 0.05) is 30.8 Å². The first-order valence-corrected chi connectivity index (χ1v) is 7.54. The standard InChI is InChI=1S/C16H26N2O3/c1-4-18-7-8-20-14(10-18)11-21-16-9-13(19-3)5-6-15(16)12(2)17/h5-6,9,12,14H,4,7-8,10-11,17H2,1-3H3/t12-,14?/m1/s1. The van der Waals surface area contributed by atoms with Gasteiger partial charge in [-0.05, 0) is 19.5 Å². The zero-order valence-electron chi connectivity index (χ0n) is 13.2. The van der Waals surface area contributed by atoms with Gasteiger partial charge in [0.2, 0.25) is 0 Å². The molecule has 0 aliphatic carbocycles. The molecule has 2 N–H and O–H groups in total. The van der Waals surface area contributed by atoms with Crippen molar-refractivity contribution in [3.8, 4) is 11.5 Å². The fourth-order valence-electron chi connectivity index (χ4n) is 2.49. The molecule has 1 heterocycles. The molecule has 1 aliphatic rings. The van der Waals surface area contributed by atoms with Crippen molar-refractivity contribution in [2.24, 2.45) is 5.73 Å². The van der Waals surface area contributed by atoms with Crippen LogP contribution in [0.4, 0.5) is 0 Å². The summed E-state index contributed by atoms with van der Waals surface area (Å²) in [5.41, 5.74) is 6.98. The van der Waals surface area contributed by atoms with E-state index in [1.54, 1.807) is 7.11 Å². The lowest BCUT2D eigenvalue weighted by Gasteiger charge is -2.32. The summed E-state index contributed by atoms with van der Waals surface area (Å²) in [7, 11) is 1.65. The third-order valence-electron chi connectivity index (χ3n) is 3.81. The monoisotopic (exact) mass is 294 g/mol. The Morgan fingerprint density at radius 2 is 2.29 bits per heavy atom. The van der Waals surface area contributed by atoms with Crippen molar-refractivity contribution in [3.05, 3.63) is 23.8 Å². The highest BCUT2D eigenvalue weighted by Gasteiger charge is 2.20. The van der Waals surface area contributed by atoms with Crippen molar-refractivity contribution in [2.75, 3.05) is 40.0 Å². The quantitative estimate of drug-likeness (QED) is 0.867. The van der Waals surface area contributed by atoms with E-state index < -0.39 is 0 Å². The average molecular weight is 294 g/mol. The van der Waals surface area contributed by atoms with Crippen molar-refractivity contribution in [2.45, 2.75) is 26.0 Å². The maximum atomic E-state index is 6.00. The first-order valence-electron chi connectivity index (χ1n) is 7.54.